The second-order valence-electron chi connectivity index (χ2n) is 6.08. The van der Waals surface area contributed by atoms with Crippen LogP contribution in [0.4, 0.5) is 4.39 Å². The molecule has 1 nitrogen and oxygen atoms in total. The van der Waals surface area contributed by atoms with Gasteiger partial charge in [0.05, 0.1) is 0 Å². The number of nitrogens with two attached hydrogens (primary N) is 1. The molecular formula is C17H26FN. The van der Waals surface area contributed by atoms with E-state index < -0.39 is 0 Å². The Morgan fingerprint density at radius 2 is 2.16 bits per heavy atom. The van der Waals surface area contributed by atoms with Crippen molar-refractivity contribution in [1.82, 2.24) is 0 Å². The maximum atomic E-state index is 13.3. The lowest BCUT2D eigenvalue weighted by Gasteiger charge is -2.30. The molecule has 2 rings (SSSR count). The van der Waals surface area contributed by atoms with Crippen molar-refractivity contribution < 1.29 is 4.39 Å². The van der Waals surface area contributed by atoms with Gasteiger partial charge >= 0.3 is 0 Å². The van der Waals surface area contributed by atoms with E-state index in [2.05, 4.69) is 13.8 Å². The van der Waals surface area contributed by atoms with E-state index in [-0.39, 0.29) is 11.4 Å². The zero-order valence-corrected chi connectivity index (χ0v) is 12.2. The van der Waals surface area contributed by atoms with Gasteiger partial charge < -0.3 is 5.73 Å². The summed E-state index contributed by atoms with van der Waals surface area (Å²) < 4.78 is 13.3. The highest BCUT2D eigenvalue weighted by atomic mass is 19.1. The Balaban J connectivity index is 2.12. The highest BCUT2D eigenvalue weighted by molar-refractivity contribution is 5.38. The Bertz CT molecular complexity index is 429. The summed E-state index contributed by atoms with van der Waals surface area (Å²) in [5.74, 6) is 0.557. The summed E-state index contributed by atoms with van der Waals surface area (Å²) in [6.45, 7) is 4.49. The van der Waals surface area contributed by atoms with Crippen molar-refractivity contribution in [3.8, 4) is 0 Å². The molecule has 0 heterocycles. The van der Waals surface area contributed by atoms with Crippen molar-refractivity contribution in [2.75, 3.05) is 0 Å². The van der Waals surface area contributed by atoms with Gasteiger partial charge in [0.15, 0.2) is 0 Å². The Kier molecular flexibility index (Phi) is 4.62. The largest absolute Gasteiger partial charge is 0.321 e. The van der Waals surface area contributed by atoms with Crippen molar-refractivity contribution >= 4 is 0 Å². The summed E-state index contributed by atoms with van der Waals surface area (Å²) in [4.78, 5) is 0. The minimum absolute atomic E-state index is 0.138. The quantitative estimate of drug-likeness (QED) is 0.801. The number of fused-ring (bicyclic) bond motifs is 1. The zero-order chi connectivity index (χ0) is 13.9. The summed E-state index contributed by atoms with van der Waals surface area (Å²) in [7, 11) is 0. The molecule has 1 aromatic carbocycles. The van der Waals surface area contributed by atoms with Crippen molar-refractivity contribution in [3.05, 3.63) is 35.1 Å². The number of rotatable bonds is 6. The van der Waals surface area contributed by atoms with Gasteiger partial charge in [-0.1, -0.05) is 45.6 Å². The normalized spacial score (nSPS) is 23.4. The fraction of sp³-hybridized carbons (Fsp3) is 0.647. The lowest BCUT2D eigenvalue weighted by atomic mass is 9.80. The van der Waals surface area contributed by atoms with Gasteiger partial charge in [-0.25, -0.2) is 4.39 Å². The molecule has 0 amide bonds. The number of benzene rings is 1. The molecule has 0 aliphatic heterocycles. The Morgan fingerprint density at radius 1 is 1.37 bits per heavy atom. The molecule has 19 heavy (non-hydrogen) atoms. The minimum atomic E-state index is -0.225. The van der Waals surface area contributed by atoms with Gasteiger partial charge in [-0.05, 0) is 48.4 Å². The van der Waals surface area contributed by atoms with E-state index in [1.54, 1.807) is 12.1 Å². The van der Waals surface area contributed by atoms with E-state index in [1.165, 1.54) is 31.2 Å². The predicted molar refractivity (Wildman–Crippen MR) is 78.5 cm³/mol. The average molecular weight is 263 g/mol. The van der Waals surface area contributed by atoms with Crippen molar-refractivity contribution in [2.45, 2.75) is 64.3 Å². The molecule has 2 N–H and O–H groups in total. The summed E-state index contributed by atoms with van der Waals surface area (Å²) in [6, 6.07) is 5.12. The van der Waals surface area contributed by atoms with Crippen LogP contribution in [0, 0.1) is 11.7 Å². The van der Waals surface area contributed by atoms with Crippen molar-refractivity contribution in [2.24, 2.45) is 11.7 Å². The van der Waals surface area contributed by atoms with Gasteiger partial charge in [-0.2, -0.15) is 0 Å². The monoisotopic (exact) mass is 263 g/mol. The lowest BCUT2D eigenvalue weighted by molar-refractivity contribution is 0.295. The first-order chi connectivity index (χ1) is 9.09. The first-order valence-corrected chi connectivity index (χ1v) is 7.67. The molecule has 0 saturated heterocycles. The third kappa shape index (κ3) is 3.17. The van der Waals surface area contributed by atoms with E-state index in [1.807, 2.05) is 6.07 Å². The fourth-order valence-electron chi connectivity index (χ4n) is 3.42. The van der Waals surface area contributed by atoms with Gasteiger partial charge in [-0.3, -0.25) is 0 Å². The molecule has 106 valence electrons. The van der Waals surface area contributed by atoms with E-state index in [4.69, 9.17) is 5.73 Å². The van der Waals surface area contributed by atoms with E-state index in [0.29, 0.717) is 5.92 Å². The standard InChI is InChI=1S/C17H26FN/c1-3-5-6-13(4-2)12-17(19)10-9-14-11-15(18)7-8-16(14)17/h7-8,11,13H,3-6,9-10,12,19H2,1-2H3. The maximum Gasteiger partial charge on any atom is 0.123 e. The van der Waals surface area contributed by atoms with Crippen LogP contribution < -0.4 is 5.73 Å². The second kappa shape index (κ2) is 6.04. The molecule has 2 unspecified atom stereocenters. The smallest absolute Gasteiger partial charge is 0.123 e. The van der Waals surface area contributed by atoms with Crippen LogP contribution in [0.3, 0.4) is 0 Å². The van der Waals surface area contributed by atoms with Gasteiger partial charge in [0, 0.05) is 5.54 Å². The van der Waals surface area contributed by atoms with Gasteiger partial charge in [-0.15, -0.1) is 0 Å². The molecule has 0 bridgehead atoms. The number of unbranched alkanes of at least 4 members (excludes halogenated alkanes) is 1. The second-order valence-corrected chi connectivity index (χ2v) is 6.08. The van der Waals surface area contributed by atoms with Crippen LogP contribution in [0.5, 0.6) is 0 Å². The SMILES string of the molecule is CCCCC(CC)CC1(N)CCc2cc(F)ccc21. The van der Waals surface area contributed by atoms with E-state index >= 15 is 0 Å². The number of hydrogen-bond donors (Lipinski definition) is 1. The Hall–Kier alpha value is -0.890. The highest BCUT2D eigenvalue weighted by Gasteiger charge is 2.36. The van der Waals surface area contributed by atoms with Crippen LogP contribution in [0.1, 0.15) is 63.5 Å². The fourth-order valence-corrected chi connectivity index (χ4v) is 3.42. The molecule has 0 saturated carbocycles. The van der Waals surface area contributed by atoms with Crippen LogP contribution in [0.15, 0.2) is 18.2 Å². The molecule has 1 aliphatic rings. The Morgan fingerprint density at radius 3 is 2.84 bits per heavy atom. The van der Waals surface area contributed by atoms with Gasteiger partial charge in [0.1, 0.15) is 5.82 Å². The van der Waals surface area contributed by atoms with Crippen molar-refractivity contribution in [1.29, 1.82) is 0 Å². The average Bonchev–Trinajstić information content (AvgIpc) is 2.71. The first-order valence-electron chi connectivity index (χ1n) is 7.67. The summed E-state index contributed by atoms with van der Waals surface area (Å²) in [5, 5.41) is 0. The van der Waals surface area contributed by atoms with Gasteiger partial charge in [0.2, 0.25) is 0 Å². The third-order valence-electron chi connectivity index (χ3n) is 4.64. The third-order valence-corrected chi connectivity index (χ3v) is 4.64. The van der Waals surface area contributed by atoms with E-state index in [0.717, 1.165) is 24.8 Å². The van der Waals surface area contributed by atoms with Crippen LogP contribution in [0.25, 0.3) is 0 Å². The van der Waals surface area contributed by atoms with Crippen LogP contribution in [-0.2, 0) is 12.0 Å². The number of hydrogen-bond acceptors (Lipinski definition) is 1. The predicted octanol–water partition coefficient (Wildman–Crippen LogP) is 4.53. The molecule has 0 fully saturated rings. The van der Waals surface area contributed by atoms with Crippen LogP contribution in [-0.4, -0.2) is 0 Å². The zero-order valence-electron chi connectivity index (χ0n) is 12.2. The molecule has 1 aromatic rings. The topological polar surface area (TPSA) is 26.0 Å². The summed E-state index contributed by atoms with van der Waals surface area (Å²) in [5.41, 5.74) is 8.72. The summed E-state index contributed by atoms with van der Waals surface area (Å²) >= 11 is 0. The van der Waals surface area contributed by atoms with Gasteiger partial charge in [0.25, 0.3) is 0 Å². The molecule has 0 spiro atoms. The molecule has 0 radical (unpaired) electrons. The molecule has 1 aliphatic carbocycles. The Labute approximate surface area is 116 Å². The maximum absolute atomic E-state index is 13.3. The van der Waals surface area contributed by atoms with Crippen LogP contribution >= 0.6 is 0 Å². The van der Waals surface area contributed by atoms with Crippen molar-refractivity contribution in [3.63, 3.8) is 0 Å². The lowest BCUT2D eigenvalue weighted by Crippen LogP contribution is -2.36. The highest BCUT2D eigenvalue weighted by Crippen LogP contribution is 2.41. The number of halogens is 1. The van der Waals surface area contributed by atoms with Crippen LogP contribution in [0.2, 0.25) is 0 Å². The molecule has 0 aromatic heterocycles. The molecule has 2 heteroatoms. The molecular weight excluding hydrogens is 237 g/mol. The minimum Gasteiger partial charge on any atom is -0.321 e. The number of aryl methyl sites for hydroxylation is 1. The van der Waals surface area contributed by atoms with E-state index in [9.17, 15) is 4.39 Å². The molecule has 2 atom stereocenters. The first kappa shape index (κ1) is 14.5. The summed E-state index contributed by atoms with van der Waals surface area (Å²) in [6.07, 6.45) is 7.92.